The van der Waals surface area contributed by atoms with Crippen molar-refractivity contribution >= 4 is 27.4 Å². The molecule has 1 N–H and O–H groups in total. The molecule has 0 atom stereocenters. The molecular weight excluding hydrogens is 340 g/mol. The summed E-state index contributed by atoms with van der Waals surface area (Å²) >= 11 is 3.43. The van der Waals surface area contributed by atoms with Gasteiger partial charge in [0, 0.05) is 32.7 Å². The summed E-state index contributed by atoms with van der Waals surface area (Å²) in [6.07, 6.45) is 0. The Morgan fingerprint density at radius 2 is 1.91 bits per heavy atom. The number of nitrogens with zero attached hydrogens (tertiary/aromatic N) is 1. The molecule has 2 rings (SSSR count). The molecule has 118 valence electrons. The van der Waals surface area contributed by atoms with Gasteiger partial charge in [-0.3, -0.25) is 4.79 Å². The predicted molar refractivity (Wildman–Crippen MR) is 95.9 cm³/mol. The molecule has 1 aromatic heterocycles. The Bertz CT molecular complexity index is 696. The lowest BCUT2D eigenvalue weighted by Crippen LogP contribution is -2.24. The summed E-state index contributed by atoms with van der Waals surface area (Å²) in [5, 5.41) is 3.19. The van der Waals surface area contributed by atoms with Gasteiger partial charge in [0.2, 0.25) is 0 Å². The summed E-state index contributed by atoms with van der Waals surface area (Å²) in [4.78, 5) is 12.5. The second-order valence-electron chi connectivity index (χ2n) is 6.58. The predicted octanol–water partition coefficient (Wildman–Crippen LogP) is 4.92. The van der Waals surface area contributed by atoms with Crippen LogP contribution in [-0.4, -0.2) is 16.9 Å². The molecule has 0 fully saturated rings. The van der Waals surface area contributed by atoms with E-state index in [1.807, 2.05) is 37.3 Å². The number of carbonyl (C=O) groups excluding carboxylic acids is 1. The van der Waals surface area contributed by atoms with Crippen LogP contribution in [0.2, 0.25) is 0 Å². The van der Waals surface area contributed by atoms with Crippen LogP contribution in [0.3, 0.4) is 0 Å². The monoisotopic (exact) mass is 362 g/mol. The van der Waals surface area contributed by atoms with Crippen LogP contribution in [0, 0.1) is 13.8 Å². The number of rotatable bonds is 4. The Kier molecular flexibility index (Phi) is 4.81. The van der Waals surface area contributed by atoms with E-state index in [1.165, 1.54) is 0 Å². The normalized spacial score (nSPS) is 11.5. The molecule has 3 nitrogen and oxygen atoms in total. The fourth-order valence-electron chi connectivity index (χ4n) is 2.95. The lowest BCUT2D eigenvalue weighted by molar-refractivity contribution is 0.101. The molecule has 0 radical (unpaired) electrons. The van der Waals surface area contributed by atoms with E-state index in [-0.39, 0.29) is 11.3 Å². The third-order valence-corrected chi connectivity index (χ3v) is 4.17. The molecular formula is C18H23BrN2O. The van der Waals surface area contributed by atoms with Crippen LogP contribution in [0.4, 0.5) is 5.69 Å². The number of benzene rings is 1. The summed E-state index contributed by atoms with van der Waals surface area (Å²) in [7, 11) is 0. The molecule has 4 heteroatoms. The topological polar surface area (TPSA) is 34.0 Å². The van der Waals surface area contributed by atoms with E-state index in [2.05, 4.69) is 53.5 Å². The lowest BCUT2D eigenvalue weighted by Gasteiger charge is -2.25. The van der Waals surface area contributed by atoms with Gasteiger partial charge in [-0.25, -0.2) is 0 Å². The smallest absolute Gasteiger partial charge is 0.183 e. The summed E-state index contributed by atoms with van der Waals surface area (Å²) in [6, 6.07) is 9.82. The maximum absolute atomic E-state index is 12.5. The van der Waals surface area contributed by atoms with Gasteiger partial charge in [0.05, 0.1) is 6.54 Å². The molecule has 0 unspecified atom stereocenters. The SMILES string of the molecule is Cc1cc(C(=O)CNc2cccc(Br)c2)c(C)n1C(C)(C)C. The molecule has 2 aromatic rings. The van der Waals surface area contributed by atoms with Crippen molar-refractivity contribution in [3.8, 4) is 0 Å². The molecule has 1 heterocycles. The zero-order chi connectivity index (χ0) is 16.5. The van der Waals surface area contributed by atoms with Crippen molar-refractivity contribution in [3.05, 3.63) is 51.8 Å². The van der Waals surface area contributed by atoms with Gasteiger partial charge in [-0.2, -0.15) is 0 Å². The van der Waals surface area contributed by atoms with Crippen molar-refractivity contribution in [2.24, 2.45) is 0 Å². The molecule has 0 aliphatic carbocycles. The number of Topliss-reactive ketones (excluding diaryl/α,β-unsaturated/α-hetero) is 1. The Hall–Kier alpha value is -1.55. The summed E-state index contributed by atoms with van der Waals surface area (Å²) < 4.78 is 3.22. The molecule has 0 saturated carbocycles. The molecule has 0 aliphatic rings. The van der Waals surface area contributed by atoms with E-state index < -0.39 is 0 Å². The molecule has 0 aliphatic heterocycles. The van der Waals surface area contributed by atoms with Crippen LogP contribution < -0.4 is 5.32 Å². The zero-order valence-corrected chi connectivity index (χ0v) is 15.4. The Labute approximate surface area is 140 Å². The van der Waals surface area contributed by atoms with E-state index in [4.69, 9.17) is 0 Å². The summed E-state index contributed by atoms with van der Waals surface area (Å²) in [5.74, 6) is 0.114. The van der Waals surface area contributed by atoms with Crippen molar-refractivity contribution in [1.29, 1.82) is 0 Å². The number of aromatic nitrogens is 1. The van der Waals surface area contributed by atoms with Crippen LogP contribution in [0.25, 0.3) is 0 Å². The highest BCUT2D eigenvalue weighted by atomic mass is 79.9. The minimum atomic E-state index is -0.0234. The molecule has 1 aromatic carbocycles. The van der Waals surface area contributed by atoms with Crippen molar-refractivity contribution in [2.75, 3.05) is 11.9 Å². The van der Waals surface area contributed by atoms with Gasteiger partial charge >= 0.3 is 0 Å². The number of halogens is 1. The molecule has 0 saturated heterocycles. The number of aryl methyl sites for hydroxylation is 1. The molecule has 0 spiro atoms. The number of hydrogen-bond acceptors (Lipinski definition) is 2. The average Bonchev–Trinajstić information content (AvgIpc) is 2.71. The number of hydrogen-bond donors (Lipinski definition) is 1. The quantitative estimate of drug-likeness (QED) is 0.783. The Balaban J connectivity index is 2.17. The minimum absolute atomic E-state index is 0.0234. The second kappa shape index (κ2) is 6.29. The summed E-state index contributed by atoms with van der Waals surface area (Å²) in [5.41, 5.74) is 3.87. The standard InChI is InChI=1S/C18H23BrN2O/c1-12-9-16(13(2)21(12)18(3,4)5)17(22)11-20-15-8-6-7-14(19)10-15/h6-10,20H,11H2,1-5H3. The van der Waals surface area contributed by atoms with Crippen LogP contribution in [0.5, 0.6) is 0 Å². The molecule has 0 bridgehead atoms. The van der Waals surface area contributed by atoms with Crippen LogP contribution in [0.15, 0.2) is 34.8 Å². The third-order valence-electron chi connectivity index (χ3n) is 3.68. The van der Waals surface area contributed by atoms with Gasteiger partial charge in [0.15, 0.2) is 5.78 Å². The van der Waals surface area contributed by atoms with Crippen molar-refractivity contribution in [2.45, 2.75) is 40.2 Å². The Morgan fingerprint density at radius 1 is 1.23 bits per heavy atom. The maximum atomic E-state index is 12.5. The first-order chi connectivity index (χ1) is 10.2. The second-order valence-corrected chi connectivity index (χ2v) is 7.49. The fourth-order valence-corrected chi connectivity index (χ4v) is 3.35. The highest BCUT2D eigenvalue weighted by Crippen LogP contribution is 2.25. The van der Waals surface area contributed by atoms with E-state index in [0.29, 0.717) is 6.54 Å². The van der Waals surface area contributed by atoms with E-state index in [9.17, 15) is 4.79 Å². The zero-order valence-electron chi connectivity index (χ0n) is 13.8. The summed E-state index contributed by atoms with van der Waals surface area (Å²) in [6.45, 7) is 10.8. The first-order valence-corrected chi connectivity index (χ1v) is 8.21. The number of nitrogens with one attached hydrogen (secondary N) is 1. The lowest BCUT2D eigenvalue weighted by atomic mass is 10.1. The van der Waals surface area contributed by atoms with Crippen molar-refractivity contribution in [1.82, 2.24) is 4.57 Å². The largest absolute Gasteiger partial charge is 0.378 e. The molecule has 22 heavy (non-hydrogen) atoms. The van der Waals surface area contributed by atoms with Gasteiger partial charge in [-0.15, -0.1) is 0 Å². The minimum Gasteiger partial charge on any atom is -0.378 e. The number of anilines is 1. The highest BCUT2D eigenvalue weighted by molar-refractivity contribution is 9.10. The maximum Gasteiger partial charge on any atom is 0.183 e. The van der Waals surface area contributed by atoms with Gasteiger partial charge in [-0.05, 0) is 58.9 Å². The van der Waals surface area contributed by atoms with Gasteiger partial charge < -0.3 is 9.88 Å². The van der Waals surface area contributed by atoms with E-state index in [0.717, 1.165) is 27.1 Å². The van der Waals surface area contributed by atoms with E-state index >= 15 is 0 Å². The highest BCUT2D eigenvalue weighted by Gasteiger charge is 2.22. The average molecular weight is 363 g/mol. The fraction of sp³-hybridized carbons (Fsp3) is 0.389. The Morgan fingerprint density at radius 3 is 2.45 bits per heavy atom. The first-order valence-electron chi connectivity index (χ1n) is 7.42. The first kappa shape index (κ1) is 16.8. The van der Waals surface area contributed by atoms with Crippen LogP contribution in [0.1, 0.15) is 42.5 Å². The molecule has 0 amide bonds. The van der Waals surface area contributed by atoms with Crippen LogP contribution in [-0.2, 0) is 5.54 Å². The van der Waals surface area contributed by atoms with Gasteiger partial charge in [0.1, 0.15) is 0 Å². The van der Waals surface area contributed by atoms with Gasteiger partial charge in [0.25, 0.3) is 0 Å². The van der Waals surface area contributed by atoms with E-state index in [1.54, 1.807) is 0 Å². The number of carbonyl (C=O) groups is 1. The van der Waals surface area contributed by atoms with Crippen molar-refractivity contribution in [3.63, 3.8) is 0 Å². The van der Waals surface area contributed by atoms with Crippen LogP contribution >= 0.6 is 15.9 Å². The van der Waals surface area contributed by atoms with Gasteiger partial charge in [-0.1, -0.05) is 22.0 Å². The third kappa shape index (κ3) is 3.61. The number of ketones is 1. The van der Waals surface area contributed by atoms with Crippen molar-refractivity contribution < 1.29 is 4.79 Å².